The van der Waals surface area contributed by atoms with Gasteiger partial charge in [-0.25, -0.2) is 39.1 Å². The standard InChI is InChI=1S/C23H22N8O8.C19H19N7O6.C10H22O2.C4H5NO3.C2H2.CH6N2.HNS.H3N/c24-23-29-19-18(21(36)30-23)27-13(10-26-19)9-25-12-3-1-11(2-4-12)20(35)28-14(22(37)38)5-8-17(34)39-31-15(32)6-7-16(31)33;20-19-25-15-14(17(30)26-19)23-11(8-22-15)7-21-10-3-1-9(2-4-10)16(29)24-12(18(31)32)5-6-13(27)28;1-3-5-7-11-9-10-12-8-6-4-2;6-3-1-2-4(7)5(3)8;1-2;2-1-3;1-2;/h1-4,10,14,25H,5-9H2,(H,28,35)(H,37,38)(H3,24,26,29,30,36);1-4,8,12,21H,5-7H2,(H,24,29)(H,27,28)(H,31,32)(H3,20,22,25,26,30);3-10H2,1-2H3;8H,1-2H2;1-2H;1-3H2;1H;1H3/i;;;;1D;;;. The zero-order valence-electron chi connectivity index (χ0n) is 54.9. The van der Waals surface area contributed by atoms with Crippen LogP contribution in [0.5, 0.6) is 0 Å². The molecule has 2 aliphatic heterocycles. The minimum atomic E-state index is -1.42. The van der Waals surface area contributed by atoms with Crippen LogP contribution in [0.15, 0.2) is 70.5 Å². The Balaban J connectivity index is 0.000000726. The molecule has 2 unspecified atom stereocenters. The molecule has 536 valence electrons. The number of amides is 6. The second-order valence-electron chi connectivity index (χ2n) is 19.8. The number of nitrogen functional groups attached to an aromatic ring is 2. The van der Waals surface area contributed by atoms with E-state index < -0.39 is 88.9 Å². The van der Waals surface area contributed by atoms with E-state index in [-0.39, 0.29) is 121 Å². The van der Waals surface area contributed by atoms with E-state index in [1.165, 1.54) is 55.9 Å². The summed E-state index contributed by atoms with van der Waals surface area (Å²) in [5.74, 6) is -8.59. The molecule has 0 radical (unpaired) electrons. The molecule has 4 aromatic heterocycles. The van der Waals surface area contributed by atoms with Crippen LogP contribution in [0.25, 0.3) is 22.3 Å². The van der Waals surface area contributed by atoms with Crippen LogP contribution < -0.4 is 61.5 Å². The van der Waals surface area contributed by atoms with Crippen molar-refractivity contribution in [3.63, 3.8) is 0 Å². The van der Waals surface area contributed by atoms with Crippen LogP contribution in [0.1, 0.15) is 124 Å². The summed E-state index contributed by atoms with van der Waals surface area (Å²) < 4.78 is 21.7. The Bertz CT molecular complexity index is 3810. The Morgan fingerprint density at radius 3 is 1.33 bits per heavy atom. The minimum absolute atomic E-state index is 0. The highest BCUT2D eigenvalue weighted by atomic mass is 32.1. The van der Waals surface area contributed by atoms with Gasteiger partial charge in [0, 0.05) is 86.9 Å². The smallest absolute Gasteiger partial charge is 0.333 e. The van der Waals surface area contributed by atoms with Crippen LogP contribution in [0, 0.1) is 17.6 Å². The van der Waals surface area contributed by atoms with Crippen molar-refractivity contribution in [2.75, 3.05) is 55.2 Å². The minimum Gasteiger partial charge on any atom is -0.481 e. The average Bonchev–Trinajstić information content (AvgIpc) is 1.10. The number of imide groups is 2. The van der Waals surface area contributed by atoms with E-state index in [1.54, 1.807) is 24.3 Å². The third-order valence-corrected chi connectivity index (χ3v) is 12.6. The molecule has 2 fully saturated rings. The number of hydrogen-bond donors (Lipinski definition) is 16. The normalized spacial score (nSPS) is 12.4. The summed E-state index contributed by atoms with van der Waals surface area (Å²) in [4.78, 5) is 171. The highest BCUT2D eigenvalue weighted by Crippen LogP contribution is 2.17. The molecule has 39 nitrogen and oxygen atoms in total. The fraction of sp³-hybridized carbons (Fsp3) is 0.390. The molecular weight excluding hydrogens is 1320 g/mol. The zero-order valence-corrected chi connectivity index (χ0v) is 54.7. The maximum Gasteiger partial charge on any atom is 0.333 e. The number of nitrogens with two attached hydrogens (primary N) is 4. The number of terminal acetylenes is 1. The Kier molecular flexibility index (Phi) is 39.4. The van der Waals surface area contributed by atoms with Gasteiger partial charge in [0.25, 0.3) is 46.6 Å². The molecule has 6 heterocycles. The van der Waals surface area contributed by atoms with Gasteiger partial charge in [0.2, 0.25) is 11.9 Å². The summed E-state index contributed by atoms with van der Waals surface area (Å²) in [5, 5.41) is 46.9. The second kappa shape index (κ2) is 46.6. The van der Waals surface area contributed by atoms with E-state index in [9.17, 15) is 62.6 Å². The Morgan fingerprint density at radius 2 is 1.00 bits per heavy atom. The van der Waals surface area contributed by atoms with Gasteiger partial charge in [-0.2, -0.15) is 15.0 Å². The van der Waals surface area contributed by atoms with Crippen LogP contribution >= 0.6 is 0 Å². The van der Waals surface area contributed by atoms with Crippen molar-refractivity contribution in [1.82, 2.24) is 66.8 Å². The maximum absolute atomic E-state index is 12.6. The number of carboxylic acid groups (broad SMARTS) is 3. The molecule has 6 aromatic rings. The molecule has 0 bridgehead atoms. The van der Waals surface area contributed by atoms with E-state index in [4.69, 9.17) is 47.3 Å². The molecule has 8 rings (SSSR count). The lowest BCUT2D eigenvalue weighted by Gasteiger charge is -2.16. The first-order valence-electron chi connectivity index (χ1n) is 30.0. The number of aromatic amines is 2. The summed E-state index contributed by atoms with van der Waals surface area (Å²) in [7, 11) is 0. The van der Waals surface area contributed by atoms with Crippen LogP contribution in [0.4, 0.5) is 23.3 Å². The van der Waals surface area contributed by atoms with Gasteiger partial charge in [0.05, 0.1) is 56.5 Å². The number of carbonyl (C=O) groups is 10. The first-order valence-corrected chi connectivity index (χ1v) is 29.9. The van der Waals surface area contributed by atoms with Gasteiger partial charge in [-0.1, -0.05) is 26.7 Å². The van der Waals surface area contributed by atoms with Crippen LogP contribution in [-0.2, 0) is 78.2 Å². The van der Waals surface area contributed by atoms with Gasteiger partial charge in [-0.05, 0) is 74.2 Å². The Labute approximate surface area is 570 Å². The average molecular weight is 1410 g/mol. The number of nitrogens with one attached hydrogen (secondary N) is 7. The van der Waals surface area contributed by atoms with Crippen molar-refractivity contribution < 1.29 is 84.2 Å². The number of nitrogens with zero attached hydrogens (tertiary/aromatic N) is 8. The van der Waals surface area contributed by atoms with Crippen molar-refractivity contribution in [3.05, 3.63) is 104 Å². The van der Waals surface area contributed by atoms with Crippen molar-refractivity contribution in [3.8, 4) is 12.8 Å². The molecule has 2 aromatic carbocycles. The van der Waals surface area contributed by atoms with Crippen molar-refractivity contribution in [2.24, 2.45) is 11.5 Å². The van der Waals surface area contributed by atoms with E-state index in [0.29, 0.717) is 27.8 Å². The van der Waals surface area contributed by atoms with Gasteiger partial charge >= 0.3 is 23.9 Å². The first-order chi connectivity index (χ1) is 47.3. The molecule has 40 heteroatoms. The monoisotopic (exact) mass is 1410 g/mol. The van der Waals surface area contributed by atoms with Crippen LogP contribution in [0.3, 0.4) is 0 Å². The van der Waals surface area contributed by atoms with E-state index >= 15 is 0 Å². The van der Waals surface area contributed by atoms with Crippen LogP contribution in [-0.4, -0.2) is 175 Å². The molecule has 2 atom stereocenters. The van der Waals surface area contributed by atoms with Gasteiger partial charge < -0.3 is 80.0 Å². The lowest BCUT2D eigenvalue weighted by Crippen LogP contribution is -2.41. The number of carboxylic acids is 3. The number of ether oxygens (including phenoxy) is 2. The summed E-state index contributed by atoms with van der Waals surface area (Å²) in [6, 6.07) is 9.51. The number of aliphatic carboxylic acids is 3. The van der Waals surface area contributed by atoms with Gasteiger partial charge in [0.1, 0.15) is 13.5 Å². The quantitative estimate of drug-likeness (QED) is 0.0108. The summed E-state index contributed by atoms with van der Waals surface area (Å²) in [6.07, 6.45) is 12.2. The zero-order chi connectivity index (χ0) is 74.0. The van der Waals surface area contributed by atoms with E-state index in [1.807, 2.05) is 0 Å². The predicted molar refractivity (Wildman–Crippen MR) is 356 cm³/mol. The summed E-state index contributed by atoms with van der Waals surface area (Å²) in [5.41, 5.74) is 22.0. The van der Waals surface area contributed by atoms with E-state index in [2.05, 4.69) is 105 Å². The number of anilines is 4. The lowest BCUT2D eigenvalue weighted by atomic mass is 10.1. The van der Waals surface area contributed by atoms with E-state index in [0.717, 1.165) is 39.3 Å². The first kappa shape index (κ1) is 83.6. The number of H-pyrrole nitrogens is 2. The number of carbonyl (C=O) groups excluding carboxylic acids is 7. The Morgan fingerprint density at radius 1 is 0.636 bits per heavy atom. The number of hydrogen-bond acceptors (Lipinski definition) is 31. The number of benzene rings is 2. The van der Waals surface area contributed by atoms with Gasteiger partial charge in [-0.15, -0.1) is 17.9 Å². The molecule has 0 aliphatic carbocycles. The highest BCUT2D eigenvalue weighted by molar-refractivity contribution is 7.45. The predicted octanol–water partition coefficient (Wildman–Crippen LogP) is 1.15. The highest BCUT2D eigenvalue weighted by Gasteiger charge is 2.33. The molecule has 0 spiro atoms. The molecule has 99 heavy (non-hydrogen) atoms. The maximum atomic E-state index is 12.6. The molecule has 2 aliphatic rings. The van der Waals surface area contributed by atoms with Crippen molar-refractivity contribution in [1.29, 1.82) is 4.78 Å². The third kappa shape index (κ3) is 30.9. The van der Waals surface area contributed by atoms with Crippen molar-refractivity contribution >= 4 is 117 Å². The Hall–Kier alpha value is -11.5. The fourth-order valence-corrected chi connectivity index (χ4v) is 7.69. The number of unbranched alkanes of at least 4 members (excludes halogenated alkanes) is 2. The largest absolute Gasteiger partial charge is 0.481 e. The lowest BCUT2D eigenvalue weighted by molar-refractivity contribution is -0.197. The molecule has 6 amide bonds. The number of fused-ring (bicyclic) bond motifs is 2. The molecule has 0 saturated carbocycles. The summed E-state index contributed by atoms with van der Waals surface area (Å²) >= 11 is 3.33. The van der Waals surface area contributed by atoms with Crippen molar-refractivity contribution in [2.45, 2.75) is 116 Å². The SMILES string of the molecule is CCCCOCCOCCCC.N.N=S.NCN.Nc1nc2ncc(CNc3ccc(C(=O)NC(CCC(=O)O)C(=O)O)cc3)nc2c(=O)[nH]1.Nc1nc2ncc(CNc3ccc(C(=O)NC(CCC(=O)ON4C(=O)CCC4=O)C(=O)O)cc3)nc2c(=O)[nH]1.O=C1CCC(=O)N1O.[2H]C#C. The second-order valence-corrected chi connectivity index (χ2v) is 19.8. The van der Waals surface area contributed by atoms with Gasteiger partial charge in [-0.3, -0.25) is 58.3 Å². The fourth-order valence-electron chi connectivity index (χ4n) is 7.69. The number of rotatable bonds is 28. The number of aromatic nitrogens is 8. The topological polar surface area (TPSA) is 640 Å². The molecule has 2 saturated heterocycles. The van der Waals surface area contributed by atoms with Crippen LogP contribution in [0.2, 0.25) is 0 Å². The van der Waals surface area contributed by atoms with Gasteiger partial charge in [0.15, 0.2) is 22.3 Å². The number of hydroxylamine groups is 4. The third-order valence-electron chi connectivity index (χ3n) is 12.6. The molecule has 22 N–H and O–H groups in total. The summed E-state index contributed by atoms with van der Waals surface area (Å²) in [6.45, 7) is 8.29. The molecular formula is C59H80N20O19S.